The van der Waals surface area contributed by atoms with E-state index >= 15 is 0 Å². The van der Waals surface area contributed by atoms with Crippen LogP contribution in [0.3, 0.4) is 0 Å². The van der Waals surface area contributed by atoms with E-state index in [2.05, 4.69) is 20.2 Å². The maximum absolute atomic E-state index is 13.7. The van der Waals surface area contributed by atoms with Gasteiger partial charge >= 0.3 is 0 Å². The van der Waals surface area contributed by atoms with Crippen molar-refractivity contribution >= 4 is 27.4 Å². The predicted octanol–water partition coefficient (Wildman–Crippen LogP) is 4.21. The molecule has 0 aliphatic heterocycles. The quantitative estimate of drug-likeness (QED) is 0.564. The maximum Gasteiger partial charge on any atom is 0.261 e. The number of aromatic nitrogens is 2. The molecule has 1 amide bonds. The monoisotopic (exact) mass is 430 g/mol. The number of H-pyrrole nitrogens is 1. The first-order valence-corrected chi connectivity index (χ1v) is 10.7. The van der Waals surface area contributed by atoms with Crippen LogP contribution in [0.15, 0.2) is 53.4 Å². The van der Waals surface area contributed by atoms with Gasteiger partial charge in [0.15, 0.2) is 5.82 Å². The van der Waals surface area contributed by atoms with E-state index in [1.165, 1.54) is 24.3 Å². The summed E-state index contributed by atoms with van der Waals surface area (Å²) in [6.07, 6.45) is 0. The molecule has 0 spiro atoms. The first-order chi connectivity index (χ1) is 14.0. The van der Waals surface area contributed by atoms with Crippen LogP contribution in [-0.2, 0) is 15.4 Å². The van der Waals surface area contributed by atoms with E-state index in [1.54, 1.807) is 25.1 Å². The van der Waals surface area contributed by atoms with Gasteiger partial charge < -0.3 is 5.32 Å². The van der Waals surface area contributed by atoms with E-state index in [-0.39, 0.29) is 21.6 Å². The number of sulfonamides is 1. The molecule has 9 heteroatoms. The smallest absolute Gasteiger partial charge is 0.261 e. The standard InChI is InChI=1S/C21H23FN4O3S/c1-13-8-9-16(11-17(13)22)30(28,29)26-15-7-5-6-14(10-15)20(27)23-19-12-18(24-25-19)21(2,3)4/h5-12,26H,1-4H3,(H2,23,24,25,27). The molecule has 3 N–H and O–H groups in total. The number of aromatic amines is 1. The Bertz CT molecular complexity index is 1200. The molecule has 0 atom stereocenters. The molecule has 0 saturated heterocycles. The van der Waals surface area contributed by atoms with Crippen LogP contribution in [0, 0.1) is 12.7 Å². The summed E-state index contributed by atoms with van der Waals surface area (Å²) in [5, 5.41) is 9.64. The number of carbonyl (C=O) groups excluding carboxylic acids is 1. The first-order valence-electron chi connectivity index (χ1n) is 9.22. The predicted molar refractivity (Wildman–Crippen MR) is 114 cm³/mol. The van der Waals surface area contributed by atoms with Gasteiger partial charge in [0.25, 0.3) is 15.9 Å². The molecule has 0 saturated carbocycles. The Morgan fingerprint density at radius 2 is 1.83 bits per heavy atom. The van der Waals surface area contributed by atoms with Crippen molar-refractivity contribution in [2.24, 2.45) is 0 Å². The van der Waals surface area contributed by atoms with E-state index in [9.17, 15) is 17.6 Å². The van der Waals surface area contributed by atoms with Crippen molar-refractivity contribution in [3.8, 4) is 0 Å². The number of hydrogen-bond donors (Lipinski definition) is 3. The average Bonchev–Trinajstić information content (AvgIpc) is 3.12. The third-order valence-corrected chi connectivity index (χ3v) is 5.84. The molecule has 0 fully saturated rings. The number of rotatable bonds is 5. The minimum atomic E-state index is -4.01. The lowest BCUT2D eigenvalue weighted by Crippen LogP contribution is -2.15. The van der Waals surface area contributed by atoms with Gasteiger partial charge in [0.2, 0.25) is 0 Å². The Morgan fingerprint density at radius 1 is 1.10 bits per heavy atom. The van der Waals surface area contributed by atoms with E-state index in [1.807, 2.05) is 20.8 Å². The summed E-state index contributed by atoms with van der Waals surface area (Å²) in [6.45, 7) is 7.59. The van der Waals surface area contributed by atoms with Gasteiger partial charge in [-0.15, -0.1) is 0 Å². The topological polar surface area (TPSA) is 104 Å². The second-order valence-corrected chi connectivity index (χ2v) is 9.65. The van der Waals surface area contributed by atoms with Gasteiger partial charge in [-0.3, -0.25) is 14.6 Å². The molecule has 1 aromatic heterocycles. The Labute approximate surface area is 174 Å². The normalized spacial score (nSPS) is 11.9. The lowest BCUT2D eigenvalue weighted by molar-refractivity contribution is 0.102. The molecule has 0 radical (unpaired) electrons. The highest BCUT2D eigenvalue weighted by Gasteiger charge is 2.19. The SMILES string of the molecule is Cc1ccc(S(=O)(=O)Nc2cccc(C(=O)Nc3cc(C(C)(C)C)[nH]n3)c2)cc1F. The van der Waals surface area contributed by atoms with Crippen LogP contribution in [0.5, 0.6) is 0 Å². The summed E-state index contributed by atoms with van der Waals surface area (Å²) >= 11 is 0. The van der Waals surface area contributed by atoms with E-state index in [0.29, 0.717) is 11.4 Å². The molecule has 158 valence electrons. The van der Waals surface area contributed by atoms with Crippen LogP contribution in [0.1, 0.15) is 42.4 Å². The maximum atomic E-state index is 13.7. The van der Waals surface area contributed by atoms with Gasteiger partial charge in [-0.2, -0.15) is 5.10 Å². The number of nitrogens with zero attached hydrogens (tertiary/aromatic N) is 1. The highest BCUT2D eigenvalue weighted by Crippen LogP contribution is 2.23. The number of amides is 1. The van der Waals surface area contributed by atoms with Crippen LogP contribution in [0.4, 0.5) is 15.9 Å². The summed E-state index contributed by atoms with van der Waals surface area (Å²) < 4.78 is 41.2. The summed E-state index contributed by atoms with van der Waals surface area (Å²) in [5.41, 5.74) is 1.49. The lowest BCUT2D eigenvalue weighted by atomic mass is 9.92. The average molecular weight is 431 g/mol. The molecule has 0 bridgehead atoms. The third-order valence-electron chi connectivity index (χ3n) is 4.46. The molecule has 1 heterocycles. The Hall–Kier alpha value is -3.20. The van der Waals surface area contributed by atoms with Crippen LogP contribution in [-0.4, -0.2) is 24.5 Å². The molecule has 30 heavy (non-hydrogen) atoms. The fraction of sp³-hybridized carbons (Fsp3) is 0.238. The molecular formula is C21H23FN4O3S. The summed E-state index contributed by atoms with van der Waals surface area (Å²) in [6, 6.07) is 11.4. The van der Waals surface area contributed by atoms with Crippen molar-refractivity contribution in [3.05, 3.63) is 71.2 Å². The lowest BCUT2D eigenvalue weighted by Gasteiger charge is -2.14. The number of aryl methyl sites for hydroxylation is 1. The zero-order chi connectivity index (χ0) is 22.1. The number of benzene rings is 2. The zero-order valence-electron chi connectivity index (χ0n) is 17.1. The molecule has 0 unspecified atom stereocenters. The van der Waals surface area contributed by atoms with Gasteiger partial charge in [-0.05, 0) is 42.8 Å². The summed E-state index contributed by atoms with van der Waals surface area (Å²) in [4.78, 5) is 12.3. The minimum Gasteiger partial charge on any atom is -0.305 e. The molecule has 7 nitrogen and oxygen atoms in total. The van der Waals surface area contributed by atoms with Gasteiger partial charge in [0.1, 0.15) is 5.82 Å². The van der Waals surface area contributed by atoms with Crippen molar-refractivity contribution in [1.29, 1.82) is 0 Å². The van der Waals surface area contributed by atoms with Crippen LogP contribution in [0.25, 0.3) is 0 Å². The van der Waals surface area contributed by atoms with E-state index in [0.717, 1.165) is 11.8 Å². The highest BCUT2D eigenvalue weighted by molar-refractivity contribution is 7.92. The molecule has 2 aromatic carbocycles. The summed E-state index contributed by atoms with van der Waals surface area (Å²) in [7, 11) is -4.01. The second kappa shape index (κ2) is 7.91. The Morgan fingerprint density at radius 3 is 2.47 bits per heavy atom. The number of nitrogens with one attached hydrogen (secondary N) is 3. The van der Waals surface area contributed by atoms with Crippen LogP contribution in [0.2, 0.25) is 0 Å². The van der Waals surface area contributed by atoms with Gasteiger partial charge in [-0.25, -0.2) is 12.8 Å². The molecule has 3 aromatic rings. The molecular weight excluding hydrogens is 407 g/mol. The van der Waals surface area contributed by atoms with Gasteiger partial charge in [-0.1, -0.05) is 32.9 Å². The van der Waals surface area contributed by atoms with Crippen molar-refractivity contribution in [2.75, 3.05) is 10.0 Å². The van der Waals surface area contributed by atoms with Crippen molar-refractivity contribution in [1.82, 2.24) is 10.2 Å². The van der Waals surface area contributed by atoms with Crippen molar-refractivity contribution < 1.29 is 17.6 Å². The second-order valence-electron chi connectivity index (χ2n) is 7.97. The Kier molecular flexibility index (Phi) is 5.67. The Balaban J connectivity index is 1.77. The van der Waals surface area contributed by atoms with Crippen LogP contribution >= 0.6 is 0 Å². The molecule has 0 aliphatic carbocycles. The fourth-order valence-electron chi connectivity index (χ4n) is 2.64. The molecule has 3 rings (SSSR count). The summed E-state index contributed by atoms with van der Waals surface area (Å²) in [5.74, 6) is -0.685. The van der Waals surface area contributed by atoms with Gasteiger partial charge in [0, 0.05) is 28.4 Å². The number of hydrogen-bond acceptors (Lipinski definition) is 4. The highest BCUT2D eigenvalue weighted by atomic mass is 32.2. The number of halogens is 1. The third kappa shape index (κ3) is 4.85. The van der Waals surface area contributed by atoms with Crippen molar-refractivity contribution in [3.63, 3.8) is 0 Å². The largest absolute Gasteiger partial charge is 0.305 e. The van der Waals surface area contributed by atoms with E-state index in [4.69, 9.17) is 0 Å². The first kappa shape index (κ1) is 21.5. The van der Waals surface area contributed by atoms with Crippen LogP contribution < -0.4 is 10.0 Å². The zero-order valence-corrected chi connectivity index (χ0v) is 17.9. The van der Waals surface area contributed by atoms with E-state index < -0.39 is 21.7 Å². The fourth-order valence-corrected chi connectivity index (χ4v) is 3.70. The van der Waals surface area contributed by atoms with Gasteiger partial charge in [0.05, 0.1) is 4.90 Å². The number of carbonyl (C=O) groups is 1. The molecule has 0 aliphatic rings. The number of anilines is 2. The minimum absolute atomic E-state index is 0.149. The van der Waals surface area contributed by atoms with Crippen molar-refractivity contribution in [2.45, 2.75) is 38.0 Å².